The molecule has 4 nitrogen and oxygen atoms in total. The smallest absolute Gasteiger partial charge is 0.303 e. The van der Waals surface area contributed by atoms with Crippen LogP contribution in [0.15, 0.2) is 60.7 Å². The van der Waals surface area contributed by atoms with Crippen molar-refractivity contribution in [3.05, 3.63) is 71.8 Å². The number of carbonyl (C=O) groups is 2. The standard InChI is InChI=1S/C17H16O4/c18-15(19)11-12-17(21,14-9-5-2-6-10-14)16(20)13-7-3-1-4-8-13/h1-10,21H,11-12H2,(H,18,19). The Morgan fingerprint density at radius 1 is 0.905 bits per heavy atom. The lowest BCUT2D eigenvalue weighted by Gasteiger charge is -2.27. The van der Waals surface area contributed by atoms with Crippen molar-refractivity contribution in [2.24, 2.45) is 0 Å². The first-order valence-corrected chi connectivity index (χ1v) is 6.63. The lowest BCUT2D eigenvalue weighted by molar-refractivity contribution is -0.138. The summed E-state index contributed by atoms with van der Waals surface area (Å²) in [6.07, 6.45) is -0.454. The first-order chi connectivity index (χ1) is 10.0. The number of aliphatic carboxylic acids is 1. The van der Waals surface area contributed by atoms with Crippen molar-refractivity contribution in [2.45, 2.75) is 18.4 Å². The number of carbonyl (C=O) groups excluding carboxylic acids is 1. The summed E-state index contributed by atoms with van der Waals surface area (Å²) in [6.45, 7) is 0. The predicted octanol–water partition coefficient (Wildman–Crippen LogP) is 2.62. The van der Waals surface area contributed by atoms with Gasteiger partial charge in [-0.05, 0) is 12.0 Å². The Labute approximate surface area is 122 Å². The van der Waals surface area contributed by atoms with Crippen molar-refractivity contribution in [2.75, 3.05) is 0 Å². The molecular weight excluding hydrogens is 268 g/mol. The minimum atomic E-state index is -1.83. The van der Waals surface area contributed by atoms with Crippen LogP contribution in [0, 0.1) is 0 Å². The average molecular weight is 284 g/mol. The third-order valence-corrected chi connectivity index (χ3v) is 3.36. The van der Waals surface area contributed by atoms with E-state index in [4.69, 9.17) is 5.11 Å². The Bertz CT molecular complexity index is 622. The second-order valence-electron chi connectivity index (χ2n) is 4.82. The van der Waals surface area contributed by atoms with Crippen LogP contribution < -0.4 is 0 Å². The molecule has 0 aromatic heterocycles. The van der Waals surface area contributed by atoms with E-state index in [1.807, 2.05) is 0 Å². The van der Waals surface area contributed by atoms with Crippen LogP contribution in [0.5, 0.6) is 0 Å². The molecule has 21 heavy (non-hydrogen) atoms. The van der Waals surface area contributed by atoms with Crippen LogP contribution in [0.1, 0.15) is 28.8 Å². The highest BCUT2D eigenvalue weighted by Gasteiger charge is 2.38. The van der Waals surface area contributed by atoms with Gasteiger partial charge >= 0.3 is 5.97 Å². The highest BCUT2D eigenvalue weighted by molar-refractivity contribution is 6.03. The third-order valence-electron chi connectivity index (χ3n) is 3.36. The fourth-order valence-electron chi connectivity index (χ4n) is 2.22. The lowest BCUT2D eigenvalue weighted by atomic mass is 9.82. The van der Waals surface area contributed by atoms with Gasteiger partial charge < -0.3 is 10.2 Å². The summed E-state index contributed by atoms with van der Waals surface area (Å²) in [5.41, 5.74) is -1.07. The molecule has 2 N–H and O–H groups in total. The van der Waals surface area contributed by atoms with Crippen LogP contribution in [-0.2, 0) is 10.4 Å². The van der Waals surface area contributed by atoms with Gasteiger partial charge in [0.25, 0.3) is 0 Å². The summed E-state index contributed by atoms with van der Waals surface area (Å²) >= 11 is 0. The Kier molecular flexibility index (Phi) is 4.50. The zero-order chi connectivity index (χ0) is 15.3. The van der Waals surface area contributed by atoms with Gasteiger partial charge in [0.2, 0.25) is 0 Å². The van der Waals surface area contributed by atoms with Gasteiger partial charge in [0, 0.05) is 12.0 Å². The molecule has 0 bridgehead atoms. The van der Waals surface area contributed by atoms with Crippen LogP contribution in [0.3, 0.4) is 0 Å². The number of aliphatic hydroxyl groups is 1. The van der Waals surface area contributed by atoms with Gasteiger partial charge in [0.05, 0.1) is 0 Å². The molecule has 0 saturated carbocycles. The topological polar surface area (TPSA) is 74.6 Å². The SMILES string of the molecule is O=C(O)CCC(O)(C(=O)c1ccccc1)c1ccccc1. The minimum absolute atomic E-state index is 0.167. The maximum Gasteiger partial charge on any atom is 0.303 e. The van der Waals surface area contributed by atoms with Gasteiger partial charge in [-0.25, -0.2) is 0 Å². The molecule has 0 radical (unpaired) electrons. The zero-order valence-corrected chi connectivity index (χ0v) is 11.4. The Hall–Kier alpha value is -2.46. The molecule has 0 saturated heterocycles. The van der Waals surface area contributed by atoms with E-state index in [9.17, 15) is 14.7 Å². The zero-order valence-electron chi connectivity index (χ0n) is 11.4. The average Bonchev–Trinajstić information content (AvgIpc) is 2.53. The van der Waals surface area contributed by atoms with Crippen molar-refractivity contribution in [1.29, 1.82) is 0 Å². The molecule has 1 atom stereocenters. The van der Waals surface area contributed by atoms with Crippen molar-refractivity contribution in [3.63, 3.8) is 0 Å². The van der Waals surface area contributed by atoms with E-state index in [1.165, 1.54) is 0 Å². The molecule has 4 heteroatoms. The van der Waals surface area contributed by atoms with Gasteiger partial charge in [0.1, 0.15) is 0 Å². The highest BCUT2D eigenvalue weighted by Crippen LogP contribution is 2.30. The molecule has 0 aliphatic heterocycles. The summed E-state index contributed by atoms with van der Waals surface area (Å²) in [6, 6.07) is 16.8. The Morgan fingerprint density at radius 3 is 1.95 bits per heavy atom. The number of carboxylic acids is 1. The second kappa shape index (κ2) is 6.33. The van der Waals surface area contributed by atoms with Gasteiger partial charge in [-0.15, -0.1) is 0 Å². The molecule has 2 aromatic carbocycles. The number of Topliss-reactive ketones (excluding diaryl/α,β-unsaturated/α-hetero) is 1. The molecule has 2 rings (SSSR count). The van der Waals surface area contributed by atoms with Gasteiger partial charge in [-0.1, -0.05) is 60.7 Å². The molecule has 0 aliphatic carbocycles. The molecule has 0 fully saturated rings. The van der Waals surface area contributed by atoms with E-state index in [0.717, 1.165) is 0 Å². The van der Waals surface area contributed by atoms with E-state index in [2.05, 4.69) is 0 Å². The first-order valence-electron chi connectivity index (χ1n) is 6.63. The van der Waals surface area contributed by atoms with E-state index in [-0.39, 0.29) is 12.8 Å². The highest BCUT2D eigenvalue weighted by atomic mass is 16.4. The molecular formula is C17H16O4. The van der Waals surface area contributed by atoms with Crippen LogP contribution in [0.4, 0.5) is 0 Å². The van der Waals surface area contributed by atoms with Crippen molar-refractivity contribution >= 4 is 11.8 Å². The summed E-state index contributed by atoms with van der Waals surface area (Å²) in [5, 5.41) is 19.7. The van der Waals surface area contributed by atoms with E-state index >= 15 is 0 Å². The van der Waals surface area contributed by atoms with Gasteiger partial charge in [-0.2, -0.15) is 0 Å². The van der Waals surface area contributed by atoms with E-state index in [1.54, 1.807) is 60.7 Å². The summed E-state index contributed by atoms with van der Waals surface area (Å²) in [4.78, 5) is 23.5. The monoisotopic (exact) mass is 284 g/mol. The summed E-state index contributed by atoms with van der Waals surface area (Å²) < 4.78 is 0. The van der Waals surface area contributed by atoms with Crippen molar-refractivity contribution in [1.82, 2.24) is 0 Å². The molecule has 2 aromatic rings. The number of hydrogen-bond donors (Lipinski definition) is 2. The Balaban J connectivity index is 2.41. The maximum absolute atomic E-state index is 12.6. The van der Waals surface area contributed by atoms with Crippen LogP contribution in [0.25, 0.3) is 0 Å². The fraction of sp³-hybridized carbons (Fsp3) is 0.176. The molecule has 0 heterocycles. The fourth-order valence-corrected chi connectivity index (χ4v) is 2.22. The van der Waals surface area contributed by atoms with Crippen LogP contribution >= 0.6 is 0 Å². The largest absolute Gasteiger partial charge is 0.481 e. The third kappa shape index (κ3) is 3.35. The molecule has 108 valence electrons. The second-order valence-corrected chi connectivity index (χ2v) is 4.82. The number of rotatable bonds is 6. The quantitative estimate of drug-likeness (QED) is 0.800. The number of ketones is 1. The summed E-state index contributed by atoms with van der Waals surface area (Å²) in [7, 11) is 0. The maximum atomic E-state index is 12.6. The number of carboxylic acid groups (broad SMARTS) is 1. The molecule has 0 spiro atoms. The van der Waals surface area contributed by atoms with Gasteiger partial charge in [-0.3, -0.25) is 9.59 Å². The van der Waals surface area contributed by atoms with E-state index in [0.29, 0.717) is 11.1 Å². The van der Waals surface area contributed by atoms with Crippen molar-refractivity contribution < 1.29 is 19.8 Å². The summed E-state index contributed by atoms with van der Waals surface area (Å²) in [5.74, 6) is -1.54. The van der Waals surface area contributed by atoms with Crippen LogP contribution in [0.2, 0.25) is 0 Å². The predicted molar refractivity (Wildman–Crippen MR) is 78.0 cm³/mol. The first kappa shape index (κ1) is 14.9. The lowest BCUT2D eigenvalue weighted by Crippen LogP contribution is -2.36. The number of hydrogen-bond acceptors (Lipinski definition) is 3. The molecule has 1 unspecified atom stereocenters. The van der Waals surface area contributed by atoms with Crippen molar-refractivity contribution in [3.8, 4) is 0 Å². The normalized spacial score (nSPS) is 13.4. The van der Waals surface area contributed by atoms with Gasteiger partial charge in [0.15, 0.2) is 11.4 Å². The molecule has 0 amide bonds. The Morgan fingerprint density at radius 2 is 1.43 bits per heavy atom. The molecule has 0 aliphatic rings. The van der Waals surface area contributed by atoms with E-state index < -0.39 is 17.4 Å². The number of benzene rings is 2. The van der Waals surface area contributed by atoms with Crippen LogP contribution in [-0.4, -0.2) is 22.0 Å². The minimum Gasteiger partial charge on any atom is -0.481 e.